The molecule has 0 fully saturated rings. The number of hydrogen-bond acceptors (Lipinski definition) is 3. The number of aryl methyl sites for hydroxylation is 1. The van der Waals surface area contributed by atoms with Crippen molar-refractivity contribution >= 4 is 0 Å². The highest BCUT2D eigenvalue weighted by atomic mass is 16.3. The summed E-state index contributed by atoms with van der Waals surface area (Å²) in [5.74, 6) is 2.28. The molecule has 0 aromatic carbocycles. The molecule has 86 valence electrons. The molecule has 1 rings (SSSR count). The maximum atomic E-state index is 8.90. The Morgan fingerprint density at radius 2 is 2.13 bits per heavy atom. The third kappa shape index (κ3) is 3.68. The first-order valence-corrected chi connectivity index (χ1v) is 5.60. The fourth-order valence-electron chi connectivity index (χ4n) is 1.36. The Kier molecular flexibility index (Phi) is 4.85. The van der Waals surface area contributed by atoms with E-state index in [1.54, 1.807) is 0 Å². The lowest BCUT2D eigenvalue weighted by Crippen LogP contribution is -2.25. The maximum absolute atomic E-state index is 8.90. The van der Waals surface area contributed by atoms with E-state index in [9.17, 15) is 0 Å². The minimum Gasteiger partial charge on any atom is -0.464 e. The van der Waals surface area contributed by atoms with Crippen LogP contribution in [0.4, 0.5) is 0 Å². The zero-order valence-corrected chi connectivity index (χ0v) is 9.79. The molecule has 1 aromatic rings. The minimum atomic E-state index is 0.208. The Morgan fingerprint density at radius 1 is 1.40 bits per heavy atom. The Morgan fingerprint density at radius 3 is 2.67 bits per heavy atom. The van der Waals surface area contributed by atoms with Gasteiger partial charge < -0.3 is 14.8 Å². The van der Waals surface area contributed by atoms with Crippen LogP contribution in [0.15, 0.2) is 16.5 Å². The van der Waals surface area contributed by atoms with Crippen LogP contribution in [-0.4, -0.2) is 18.3 Å². The molecular formula is C12H21NO2. The lowest BCUT2D eigenvalue weighted by Gasteiger charge is -2.14. The summed E-state index contributed by atoms with van der Waals surface area (Å²) in [6.45, 7) is 7.19. The molecular weight excluding hydrogens is 190 g/mol. The molecule has 1 heterocycles. The molecule has 2 N–H and O–H groups in total. The SMILES string of the molecule is CCc1ccc(C(C)NCC(C)CO)o1. The van der Waals surface area contributed by atoms with Crippen LogP contribution >= 0.6 is 0 Å². The van der Waals surface area contributed by atoms with Gasteiger partial charge in [-0.1, -0.05) is 13.8 Å². The zero-order valence-electron chi connectivity index (χ0n) is 9.79. The molecule has 0 aliphatic rings. The molecule has 0 saturated carbocycles. The molecule has 0 radical (unpaired) electrons. The third-order valence-corrected chi connectivity index (χ3v) is 2.54. The van der Waals surface area contributed by atoms with Crippen LogP contribution in [0.3, 0.4) is 0 Å². The minimum absolute atomic E-state index is 0.208. The van der Waals surface area contributed by atoms with E-state index < -0.39 is 0 Å². The average molecular weight is 211 g/mol. The Bertz CT molecular complexity index is 283. The number of nitrogens with one attached hydrogen (secondary N) is 1. The number of furan rings is 1. The fourth-order valence-corrected chi connectivity index (χ4v) is 1.36. The zero-order chi connectivity index (χ0) is 11.3. The summed E-state index contributed by atoms with van der Waals surface area (Å²) in [6.07, 6.45) is 0.930. The van der Waals surface area contributed by atoms with Gasteiger partial charge in [-0.15, -0.1) is 0 Å². The van der Waals surface area contributed by atoms with Crippen molar-refractivity contribution in [3.05, 3.63) is 23.7 Å². The molecule has 0 saturated heterocycles. The highest BCUT2D eigenvalue weighted by molar-refractivity contribution is 5.10. The first kappa shape index (κ1) is 12.3. The molecule has 0 amide bonds. The maximum Gasteiger partial charge on any atom is 0.120 e. The Labute approximate surface area is 91.5 Å². The monoisotopic (exact) mass is 211 g/mol. The molecule has 0 bridgehead atoms. The van der Waals surface area contributed by atoms with E-state index in [-0.39, 0.29) is 18.6 Å². The van der Waals surface area contributed by atoms with E-state index >= 15 is 0 Å². The third-order valence-electron chi connectivity index (χ3n) is 2.54. The summed E-state index contributed by atoms with van der Waals surface area (Å²) >= 11 is 0. The van der Waals surface area contributed by atoms with Crippen molar-refractivity contribution in [3.63, 3.8) is 0 Å². The second-order valence-electron chi connectivity index (χ2n) is 4.08. The molecule has 0 aliphatic carbocycles. The van der Waals surface area contributed by atoms with Crippen LogP contribution in [-0.2, 0) is 6.42 Å². The fraction of sp³-hybridized carbons (Fsp3) is 0.667. The summed E-state index contributed by atoms with van der Waals surface area (Å²) in [7, 11) is 0. The second-order valence-corrected chi connectivity index (χ2v) is 4.08. The largest absolute Gasteiger partial charge is 0.464 e. The van der Waals surface area contributed by atoms with Crippen LogP contribution in [0.25, 0.3) is 0 Å². The Balaban J connectivity index is 2.42. The van der Waals surface area contributed by atoms with Gasteiger partial charge in [-0.2, -0.15) is 0 Å². The van der Waals surface area contributed by atoms with Gasteiger partial charge in [-0.3, -0.25) is 0 Å². The summed E-state index contributed by atoms with van der Waals surface area (Å²) in [4.78, 5) is 0. The van der Waals surface area contributed by atoms with E-state index in [1.807, 2.05) is 19.1 Å². The van der Waals surface area contributed by atoms with E-state index in [0.717, 1.165) is 24.5 Å². The van der Waals surface area contributed by atoms with E-state index in [1.165, 1.54) is 0 Å². The molecule has 1 aromatic heterocycles. The van der Waals surface area contributed by atoms with Crippen LogP contribution < -0.4 is 5.32 Å². The normalized spacial score (nSPS) is 15.2. The summed E-state index contributed by atoms with van der Waals surface area (Å²) < 4.78 is 5.64. The lowest BCUT2D eigenvalue weighted by molar-refractivity contribution is 0.229. The molecule has 15 heavy (non-hydrogen) atoms. The molecule has 3 heteroatoms. The van der Waals surface area contributed by atoms with Crippen molar-refractivity contribution in [1.29, 1.82) is 0 Å². The first-order valence-electron chi connectivity index (χ1n) is 5.60. The van der Waals surface area contributed by atoms with Crippen LogP contribution in [0.5, 0.6) is 0 Å². The molecule has 0 spiro atoms. The van der Waals surface area contributed by atoms with Crippen molar-refractivity contribution in [2.75, 3.05) is 13.2 Å². The second kappa shape index (κ2) is 5.93. The smallest absolute Gasteiger partial charge is 0.120 e. The van der Waals surface area contributed by atoms with Crippen LogP contribution in [0.1, 0.15) is 38.3 Å². The standard InChI is InChI=1S/C12H21NO2/c1-4-11-5-6-12(15-11)10(3)13-7-9(2)8-14/h5-6,9-10,13-14H,4,7-8H2,1-3H3. The van der Waals surface area contributed by atoms with E-state index in [0.29, 0.717) is 0 Å². The predicted molar refractivity (Wildman–Crippen MR) is 60.8 cm³/mol. The summed E-state index contributed by atoms with van der Waals surface area (Å²) in [6, 6.07) is 4.24. The van der Waals surface area contributed by atoms with Crippen molar-refractivity contribution in [1.82, 2.24) is 5.32 Å². The van der Waals surface area contributed by atoms with Crippen LogP contribution in [0.2, 0.25) is 0 Å². The van der Waals surface area contributed by atoms with Crippen molar-refractivity contribution in [2.45, 2.75) is 33.2 Å². The van der Waals surface area contributed by atoms with Crippen molar-refractivity contribution in [2.24, 2.45) is 5.92 Å². The highest BCUT2D eigenvalue weighted by Gasteiger charge is 2.10. The van der Waals surface area contributed by atoms with Crippen molar-refractivity contribution < 1.29 is 9.52 Å². The highest BCUT2D eigenvalue weighted by Crippen LogP contribution is 2.16. The van der Waals surface area contributed by atoms with Gasteiger partial charge in [0.25, 0.3) is 0 Å². The van der Waals surface area contributed by atoms with Gasteiger partial charge in [0.1, 0.15) is 11.5 Å². The first-order chi connectivity index (χ1) is 7.17. The molecule has 2 unspecified atom stereocenters. The summed E-state index contributed by atoms with van der Waals surface area (Å²) in [5, 5.41) is 12.2. The van der Waals surface area contributed by atoms with Gasteiger partial charge in [-0.05, 0) is 25.0 Å². The van der Waals surface area contributed by atoms with Gasteiger partial charge in [0, 0.05) is 19.6 Å². The quantitative estimate of drug-likeness (QED) is 0.757. The van der Waals surface area contributed by atoms with E-state index in [2.05, 4.69) is 19.2 Å². The van der Waals surface area contributed by atoms with Gasteiger partial charge in [0.15, 0.2) is 0 Å². The topological polar surface area (TPSA) is 45.4 Å². The molecule has 2 atom stereocenters. The average Bonchev–Trinajstić information content (AvgIpc) is 2.73. The van der Waals surface area contributed by atoms with E-state index in [4.69, 9.17) is 9.52 Å². The number of aliphatic hydroxyl groups is 1. The van der Waals surface area contributed by atoms with Gasteiger partial charge in [-0.25, -0.2) is 0 Å². The number of hydrogen-bond donors (Lipinski definition) is 2. The van der Waals surface area contributed by atoms with Crippen LogP contribution in [0, 0.1) is 5.92 Å². The van der Waals surface area contributed by atoms with Gasteiger partial charge in [0.05, 0.1) is 6.04 Å². The summed E-state index contributed by atoms with van der Waals surface area (Å²) in [5.41, 5.74) is 0. The molecule has 3 nitrogen and oxygen atoms in total. The lowest BCUT2D eigenvalue weighted by atomic mass is 10.2. The molecule has 0 aliphatic heterocycles. The predicted octanol–water partition coefficient (Wildman–Crippen LogP) is 2.12. The number of rotatable bonds is 6. The van der Waals surface area contributed by atoms with Gasteiger partial charge >= 0.3 is 0 Å². The van der Waals surface area contributed by atoms with Gasteiger partial charge in [0.2, 0.25) is 0 Å². The van der Waals surface area contributed by atoms with Crippen molar-refractivity contribution in [3.8, 4) is 0 Å². The Hall–Kier alpha value is -0.800. The number of aliphatic hydroxyl groups excluding tert-OH is 1.